The van der Waals surface area contributed by atoms with Crippen LogP contribution >= 0.6 is 0 Å². The van der Waals surface area contributed by atoms with Crippen LogP contribution in [0, 0.1) is 27.7 Å². The third kappa shape index (κ3) is 7.00. The fourth-order valence-electron chi connectivity index (χ4n) is 12.7. The maximum absolute atomic E-state index is 7.29. The molecule has 0 radical (unpaired) electrons. The lowest BCUT2D eigenvalue weighted by Crippen LogP contribution is -2.37. The van der Waals surface area contributed by atoms with E-state index >= 15 is 0 Å². The Morgan fingerprint density at radius 2 is 0.750 bits per heavy atom. The van der Waals surface area contributed by atoms with E-state index in [0.717, 1.165) is 67.2 Å². The summed E-state index contributed by atoms with van der Waals surface area (Å²) in [4.78, 5) is 5.02. The van der Waals surface area contributed by atoms with Gasteiger partial charge in [0.05, 0.1) is 50.3 Å². The molecule has 0 fully saturated rings. The Morgan fingerprint density at radius 3 is 1.33 bits per heavy atom. The van der Waals surface area contributed by atoms with Gasteiger partial charge in [-0.3, -0.25) is 0 Å². The van der Waals surface area contributed by atoms with Gasteiger partial charge in [-0.05, 0) is 118 Å². The molecule has 6 heteroatoms. The normalized spacial score (nSPS) is 12.6. The number of rotatable bonds is 8. The molecule has 0 aliphatic rings. The summed E-state index contributed by atoms with van der Waals surface area (Å²) < 4.78 is 14.6. The Hall–Kier alpha value is -8.17. The highest BCUT2D eigenvalue weighted by Crippen LogP contribution is 2.52. The second-order valence-corrected chi connectivity index (χ2v) is 33.7. The zero-order chi connectivity index (χ0) is 52.1. The lowest BCUT2D eigenvalue weighted by Gasteiger charge is -2.31. The van der Waals surface area contributed by atoms with Gasteiger partial charge in [-0.1, -0.05) is 196 Å². The highest BCUT2D eigenvalue weighted by molar-refractivity contribution is 6.90. The SMILES string of the molecule is Cc1ccc2c(N(c3ccc4ccc5c(N(c6c(C)ccc7ccc(C)cc67)c6cccc7c6oc6c([Si](C)(C)C)cccc67)ccc6ccc3c4c65)c3cccc4c3oc3c([Si](C)(C)C)cccc34)cc(C)cc2c1. The van der Waals surface area contributed by atoms with Crippen molar-refractivity contribution in [2.75, 3.05) is 9.80 Å². The van der Waals surface area contributed by atoms with Crippen LogP contribution in [0.3, 0.4) is 0 Å². The van der Waals surface area contributed by atoms with E-state index in [2.05, 4.69) is 259 Å². The van der Waals surface area contributed by atoms with Gasteiger partial charge in [-0.25, -0.2) is 0 Å². The summed E-state index contributed by atoms with van der Waals surface area (Å²) in [5, 5.41) is 19.3. The summed E-state index contributed by atoms with van der Waals surface area (Å²) in [5.41, 5.74) is 15.2. The Balaban J connectivity index is 1.08. The van der Waals surface area contributed by atoms with Crippen molar-refractivity contribution in [1.29, 1.82) is 0 Å². The van der Waals surface area contributed by atoms with Gasteiger partial charge in [0.15, 0.2) is 11.2 Å². The Kier molecular flexibility index (Phi) is 10.2. The van der Waals surface area contributed by atoms with Crippen molar-refractivity contribution in [3.63, 3.8) is 0 Å². The molecule has 0 aliphatic heterocycles. The van der Waals surface area contributed by atoms with Crippen molar-refractivity contribution < 1.29 is 8.83 Å². The standard InChI is InChI=1S/C70H60N2O2Si2/c1-41-24-32-49-48(37-41)38-43(3)40-61(49)71(59-19-11-15-50-52-17-13-21-62(75(5,6)7)69(52)73-67(50)59)57-35-30-46-29-34-55-58(36-31-47-28-33-54(57)64(46)65(47)55)72(66-44(4)25-27-45-26-23-42(2)39-56(45)66)60-20-12-16-51-53-18-14-22-63(76(8,9)10)70(53)74-68(51)60/h11-40H,1-10H3. The minimum Gasteiger partial charge on any atom is -0.454 e. The zero-order valence-electron chi connectivity index (χ0n) is 45.0. The van der Waals surface area contributed by atoms with Crippen LogP contribution < -0.4 is 20.2 Å². The molecule has 2 aromatic heterocycles. The van der Waals surface area contributed by atoms with Gasteiger partial charge in [0.25, 0.3) is 0 Å². The lowest BCUT2D eigenvalue weighted by atomic mass is 9.91. The van der Waals surface area contributed by atoms with E-state index in [1.165, 1.54) is 97.3 Å². The topological polar surface area (TPSA) is 32.8 Å². The molecule has 14 rings (SSSR count). The van der Waals surface area contributed by atoms with Crippen LogP contribution in [0.1, 0.15) is 22.3 Å². The predicted octanol–water partition coefficient (Wildman–Crippen LogP) is 20.0. The Morgan fingerprint density at radius 1 is 0.303 bits per heavy atom. The highest BCUT2D eigenvalue weighted by Gasteiger charge is 2.30. The maximum atomic E-state index is 7.29. The molecule has 0 aliphatic carbocycles. The van der Waals surface area contributed by atoms with Gasteiger partial charge in [0.1, 0.15) is 11.2 Å². The molecule has 2 heterocycles. The van der Waals surface area contributed by atoms with Gasteiger partial charge >= 0.3 is 0 Å². The second kappa shape index (κ2) is 16.7. The van der Waals surface area contributed by atoms with Crippen LogP contribution in [-0.4, -0.2) is 16.1 Å². The smallest absolute Gasteiger partial charge is 0.159 e. The summed E-state index contributed by atoms with van der Waals surface area (Å²) in [7, 11) is -3.56. The van der Waals surface area contributed by atoms with E-state index in [9.17, 15) is 0 Å². The van der Waals surface area contributed by atoms with Crippen LogP contribution in [0.2, 0.25) is 39.3 Å². The molecule has 0 atom stereocenters. The van der Waals surface area contributed by atoms with Gasteiger partial charge < -0.3 is 18.6 Å². The van der Waals surface area contributed by atoms with Crippen LogP contribution in [0.15, 0.2) is 191 Å². The molecule has 0 N–H and O–H groups in total. The number of para-hydroxylation sites is 4. The molecule has 0 saturated heterocycles. The number of furan rings is 2. The molecule has 14 aromatic rings. The second-order valence-electron chi connectivity index (χ2n) is 23.6. The molecule has 0 bridgehead atoms. The number of anilines is 6. The maximum Gasteiger partial charge on any atom is 0.159 e. The molecule has 370 valence electrons. The summed E-state index contributed by atoms with van der Waals surface area (Å²) in [5.74, 6) is 0. The molecular weight excluding hydrogens is 957 g/mol. The first-order valence-electron chi connectivity index (χ1n) is 26.8. The molecule has 76 heavy (non-hydrogen) atoms. The van der Waals surface area contributed by atoms with Crippen molar-refractivity contribution >= 4 is 158 Å². The highest BCUT2D eigenvalue weighted by atomic mass is 28.3. The summed E-state index contributed by atoms with van der Waals surface area (Å²) >= 11 is 0. The van der Waals surface area contributed by atoms with Gasteiger partial charge in [0, 0.05) is 43.1 Å². The Bertz CT molecular complexity index is 4730. The summed E-state index contributed by atoms with van der Waals surface area (Å²) in [6.45, 7) is 23.3. The quantitative estimate of drug-likeness (QED) is 0.112. The van der Waals surface area contributed by atoms with Crippen LogP contribution in [0.4, 0.5) is 34.1 Å². The molecule has 0 amide bonds. The first-order valence-corrected chi connectivity index (χ1v) is 33.8. The van der Waals surface area contributed by atoms with Gasteiger partial charge in [-0.2, -0.15) is 0 Å². The monoisotopic (exact) mass is 1020 g/mol. The van der Waals surface area contributed by atoms with Crippen molar-refractivity contribution in [2.45, 2.75) is 67.0 Å². The number of nitrogens with zero attached hydrogens (tertiary/aromatic N) is 2. The number of hydrogen-bond acceptors (Lipinski definition) is 4. The minimum atomic E-state index is -1.78. The molecule has 4 nitrogen and oxygen atoms in total. The minimum absolute atomic E-state index is 0.894. The average Bonchev–Trinajstić information content (AvgIpc) is 4.06. The van der Waals surface area contributed by atoms with E-state index in [1.807, 2.05) is 0 Å². The van der Waals surface area contributed by atoms with Crippen LogP contribution in [0.5, 0.6) is 0 Å². The third-order valence-corrected chi connectivity index (χ3v) is 20.3. The largest absolute Gasteiger partial charge is 0.454 e. The van der Waals surface area contributed by atoms with Crippen LogP contribution in [0.25, 0.3) is 97.7 Å². The van der Waals surface area contributed by atoms with Crippen LogP contribution in [-0.2, 0) is 0 Å². The van der Waals surface area contributed by atoms with E-state index in [4.69, 9.17) is 8.83 Å². The lowest BCUT2D eigenvalue weighted by molar-refractivity contribution is 0.671. The van der Waals surface area contributed by atoms with E-state index in [1.54, 1.807) is 0 Å². The number of hydrogen-bond donors (Lipinski definition) is 0. The number of fused-ring (bicyclic) bond motifs is 8. The molecule has 12 aromatic carbocycles. The average molecular weight is 1020 g/mol. The van der Waals surface area contributed by atoms with Gasteiger partial charge in [0.2, 0.25) is 0 Å². The first-order chi connectivity index (χ1) is 36.6. The number of benzene rings is 12. The van der Waals surface area contributed by atoms with Crippen molar-refractivity contribution in [3.8, 4) is 0 Å². The first kappa shape index (κ1) is 46.4. The van der Waals surface area contributed by atoms with E-state index in [-0.39, 0.29) is 0 Å². The Labute approximate surface area is 445 Å². The third-order valence-electron chi connectivity index (χ3n) is 16.3. The summed E-state index contributed by atoms with van der Waals surface area (Å²) in [6.07, 6.45) is 0. The molecular formula is C70H60N2O2Si2. The van der Waals surface area contributed by atoms with Gasteiger partial charge in [-0.15, -0.1) is 0 Å². The summed E-state index contributed by atoms with van der Waals surface area (Å²) in [6, 6.07) is 68.6. The van der Waals surface area contributed by atoms with Crippen molar-refractivity contribution in [1.82, 2.24) is 0 Å². The van der Waals surface area contributed by atoms with Crippen molar-refractivity contribution in [2.24, 2.45) is 0 Å². The van der Waals surface area contributed by atoms with Crippen molar-refractivity contribution in [3.05, 3.63) is 204 Å². The predicted molar refractivity (Wildman–Crippen MR) is 334 cm³/mol. The number of aryl methyl sites for hydroxylation is 4. The van der Waals surface area contributed by atoms with E-state index in [0.29, 0.717) is 0 Å². The molecule has 0 unspecified atom stereocenters. The zero-order valence-corrected chi connectivity index (χ0v) is 47.0. The fraction of sp³-hybridized carbons (Fsp3) is 0.143. The molecule has 0 spiro atoms. The van der Waals surface area contributed by atoms with E-state index < -0.39 is 16.1 Å². The fourth-order valence-corrected chi connectivity index (χ4v) is 15.6. The molecule has 0 saturated carbocycles.